The lowest BCUT2D eigenvalue weighted by Gasteiger charge is -2.06. The summed E-state index contributed by atoms with van der Waals surface area (Å²) in [4.78, 5) is 2.74. The number of benzene rings is 3. The van der Waals surface area contributed by atoms with Crippen LogP contribution in [0.3, 0.4) is 0 Å². The Balaban J connectivity index is 1.78. The van der Waals surface area contributed by atoms with E-state index in [2.05, 4.69) is 72.8 Å². The Hall–Kier alpha value is -1.90. The van der Waals surface area contributed by atoms with Gasteiger partial charge in [-0.15, -0.1) is 0 Å². The molecule has 0 amide bonds. The van der Waals surface area contributed by atoms with E-state index < -0.39 is 0 Å². The van der Waals surface area contributed by atoms with Gasteiger partial charge in [0.15, 0.2) is 0 Å². The predicted molar refractivity (Wildman–Crippen MR) is 96.1 cm³/mol. The summed E-state index contributed by atoms with van der Waals surface area (Å²) < 4.78 is 1.40. The molecule has 0 radical (unpaired) electrons. The Morgan fingerprint density at radius 2 is 0.864 bits per heavy atom. The van der Waals surface area contributed by atoms with Crippen LogP contribution in [0.25, 0.3) is 16.7 Å². The summed E-state index contributed by atoms with van der Waals surface area (Å²) in [6, 6.07) is 26.2. The van der Waals surface area contributed by atoms with E-state index in [1.165, 1.54) is 41.9 Å². The van der Waals surface area contributed by atoms with Gasteiger partial charge in [0, 0.05) is 15.4 Å². The fourth-order valence-corrected chi connectivity index (χ4v) is 5.81. The molecule has 0 spiro atoms. The van der Waals surface area contributed by atoms with Gasteiger partial charge in [0.2, 0.25) is 0 Å². The summed E-state index contributed by atoms with van der Waals surface area (Å²) in [5.74, 6) is 0. The number of fused-ring (bicyclic) bond motifs is 4. The van der Waals surface area contributed by atoms with Crippen LogP contribution in [0.1, 0.15) is 11.1 Å². The maximum Gasteiger partial charge on any atom is 0.0584 e. The highest BCUT2D eigenvalue weighted by atomic mass is 32.2. The molecule has 5 rings (SSSR count). The van der Waals surface area contributed by atoms with Crippen molar-refractivity contribution in [1.82, 2.24) is 0 Å². The number of rotatable bonds is 0. The monoisotopic (exact) mass is 316 g/mol. The fraction of sp³-hybridized carbons (Fsp3) is 0. The smallest absolute Gasteiger partial charge is 0.0584 e. The first-order valence-electron chi connectivity index (χ1n) is 7.30. The average Bonchev–Trinajstić information content (AvgIpc) is 3.13. The Kier molecular flexibility index (Phi) is 2.76. The van der Waals surface area contributed by atoms with Crippen molar-refractivity contribution in [3.8, 4) is 11.1 Å². The largest absolute Gasteiger partial charge is 0.0809 e. The quantitative estimate of drug-likeness (QED) is 0.374. The van der Waals surface area contributed by atoms with Crippen LogP contribution in [0.5, 0.6) is 0 Å². The third-order valence-corrected chi connectivity index (χ3v) is 6.70. The topological polar surface area (TPSA) is 0 Å². The van der Waals surface area contributed by atoms with Gasteiger partial charge in [-0.25, -0.2) is 0 Å². The Labute approximate surface area is 138 Å². The molecule has 1 aliphatic carbocycles. The number of hydrogen-bond acceptors (Lipinski definition) is 2. The van der Waals surface area contributed by atoms with E-state index in [0.717, 1.165) is 0 Å². The van der Waals surface area contributed by atoms with Gasteiger partial charge in [-0.3, -0.25) is 0 Å². The zero-order chi connectivity index (χ0) is 14.5. The van der Waals surface area contributed by atoms with Gasteiger partial charge in [-0.05, 0) is 34.4 Å². The van der Waals surface area contributed by atoms with Crippen LogP contribution in [-0.2, 0) is 0 Å². The normalized spacial score (nSPS) is 14.7. The molecular formula is C20H12S2. The van der Waals surface area contributed by atoms with Crippen molar-refractivity contribution >= 4 is 29.1 Å². The molecule has 0 nitrogen and oxygen atoms in total. The summed E-state index contributed by atoms with van der Waals surface area (Å²) in [6.45, 7) is 0. The van der Waals surface area contributed by atoms with E-state index in [4.69, 9.17) is 0 Å². The molecule has 2 heteroatoms. The maximum absolute atomic E-state index is 2.25. The van der Waals surface area contributed by atoms with Crippen molar-refractivity contribution in [2.45, 2.75) is 9.79 Å². The first-order valence-corrected chi connectivity index (χ1v) is 8.93. The van der Waals surface area contributed by atoms with Crippen molar-refractivity contribution in [3.63, 3.8) is 0 Å². The minimum Gasteiger partial charge on any atom is -0.0809 e. The van der Waals surface area contributed by atoms with Crippen LogP contribution in [0, 0.1) is 0 Å². The summed E-state index contributed by atoms with van der Waals surface area (Å²) >= 11 is 3.81. The lowest BCUT2D eigenvalue weighted by Crippen LogP contribution is -1.82. The Morgan fingerprint density at radius 1 is 0.455 bits per heavy atom. The second kappa shape index (κ2) is 4.80. The summed E-state index contributed by atoms with van der Waals surface area (Å²) in [6.07, 6.45) is 0. The highest BCUT2D eigenvalue weighted by molar-refractivity contribution is 8.25. The standard InChI is InChI=1S/C20H12S2/c1-3-9-15-13(7-1)14-8-2-4-10-16(14)19(15)20-21-17-11-5-6-12-18(17)22-20/h1-12H. The van der Waals surface area contributed by atoms with E-state index in [9.17, 15) is 0 Å². The molecular weight excluding hydrogens is 304 g/mol. The van der Waals surface area contributed by atoms with Gasteiger partial charge < -0.3 is 0 Å². The number of hydrogen-bond donors (Lipinski definition) is 0. The zero-order valence-electron chi connectivity index (χ0n) is 11.7. The number of thioether (sulfide) groups is 2. The second-order valence-corrected chi connectivity index (χ2v) is 7.77. The van der Waals surface area contributed by atoms with Gasteiger partial charge in [0.05, 0.1) is 4.24 Å². The lowest BCUT2D eigenvalue weighted by molar-refractivity contribution is 1.27. The van der Waals surface area contributed by atoms with Gasteiger partial charge in [-0.1, -0.05) is 84.2 Å². The second-order valence-electron chi connectivity index (χ2n) is 5.40. The van der Waals surface area contributed by atoms with Crippen molar-refractivity contribution in [3.05, 3.63) is 88.2 Å². The minimum atomic E-state index is 1.36. The lowest BCUT2D eigenvalue weighted by atomic mass is 10.1. The molecule has 3 aromatic rings. The first kappa shape index (κ1) is 12.6. The van der Waals surface area contributed by atoms with Crippen LogP contribution in [0.15, 0.2) is 86.8 Å². The predicted octanol–water partition coefficient (Wildman–Crippen LogP) is 6.28. The molecule has 0 atom stereocenters. The fourth-order valence-electron chi connectivity index (χ4n) is 3.18. The van der Waals surface area contributed by atoms with Gasteiger partial charge in [0.25, 0.3) is 0 Å². The van der Waals surface area contributed by atoms with Crippen molar-refractivity contribution in [2.24, 2.45) is 0 Å². The molecule has 104 valence electrons. The van der Waals surface area contributed by atoms with Crippen molar-refractivity contribution in [1.29, 1.82) is 0 Å². The van der Waals surface area contributed by atoms with Gasteiger partial charge in [0.1, 0.15) is 0 Å². The zero-order valence-corrected chi connectivity index (χ0v) is 13.4. The summed E-state index contributed by atoms with van der Waals surface area (Å²) in [5.41, 5.74) is 6.85. The SMILES string of the molecule is c1ccc2c(c1)SC(=C1c3ccccc3-c3ccccc31)S2. The molecule has 0 saturated heterocycles. The molecule has 3 aromatic carbocycles. The molecule has 0 bridgehead atoms. The summed E-state index contributed by atoms with van der Waals surface area (Å²) in [7, 11) is 0. The van der Waals surface area contributed by atoms with E-state index in [-0.39, 0.29) is 0 Å². The van der Waals surface area contributed by atoms with Crippen molar-refractivity contribution in [2.75, 3.05) is 0 Å². The Morgan fingerprint density at radius 3 is 1.36 bits per heavy atom. The highest BCUT2D eigenvalue weighted by Gasteiger charge is 2.29. The van der Waals surface area contributed by atoms with Crippen LogP contribution < -0.4 is 0 Å². The van der Waals surface area contributed by atoms with Crippen LogP contribution in [0.4, 0.5) is 0 Å². The molecule has 0 aromatic heterocycles. The van der Waals surface area contributed by atoms with Crippen LogP contribution in [-0.4, -0.2) is 0 Å². The molecule has 0 unspecified atom stereocenters. The van der Waals surface area contributed by atoms with E-state index in [1.54, 1.807) is 0 Å². The molecule has 1 heterocycles. The molecule has 1 aliphatic heterocycles. The van der Waals surface area contributed by atoms with Gasteiger partial charge >= 0.3 is 0 Å². The molecule has 0 saturated carbocycles. The average molecular weight is 316 g/mol. The van der Waals surface area contributed by atoms with Gasteiger partial charge in [-0.2, -0.15) is 0 Å². The minimum absolute atomic E-state index is 1.36. The molecule has 22 heavy (non-hydrogen) atoms. The van der Waals surface area contributed by atoms with Crippen LogP contribution >= 0.6 is 23.5 Å². The van der Waals surface area contributed by atoms with E-state index >= 15 is 0 Å². The van der Waals surface area contributed by atoms with E-state index in [1.807, 2.05) is 23.5 Å². The molecule has 0 fully saturated rings. The van der Waals surface area contributed by atoms with E-state index in [0.29, 0.717) is 0 Å². The molecule has 2 aliphatic rings. The maximum atomic E-state index is 2.25. The van der Waals surface area contributed by atoms with Crippen molar-refractivity contribution < 1.29 is 0 Å². The Bertz CT molecular complexity index is 863. The van der Waals surface area contributed by atoms with Crippen LogP contribution in [0.2, 0.25) is 0 Å². The summed E-state index contributed by atoms with van der Waals surface area (Å²) in [5, 5.41) is 0. The third kappa shape index (κ3) is 1.74. The highest BCUT2D eigenvalue weighted by Crippen LogP contribution is 2.57. The first-order chi connectivity index (χ1) is 10.9. The third-order valence-electron chi connectivity index (χ3n) is 4.14. The molecule has 0 N–H and O–H groups in total.